The number of benzene rings is 2. The Hall–Kier alpha value is -4.19. The number of methoxy groups -OCH3 is 1. The highest BCUT2D eigenvalue weighted by atomic mass is 16.5. The number of rotatable bonds is 11. The molecule has 12 heteroatoms. The number of nitrogens with one attached hydrogen (secondary N) is 4. The number of anilines is 1. The van der Waals surface area contributed by atoms with Crippen LogP contribution in [0.2, 0.25) is 0 Å². The van der Waals surface area contributed by atoms with Gasteiger partial charge in [-0.25, -0.2) is 10.3 Å². The van der Waals surface area contributed by atoms with E-state index in [0.29, 0.717) is 38.2 Å². The molecule has 6 N–H and O–H groups in total. The molecular weight excluding hydrogens is 524 g/mol. The van der Waals surface area contributed by atoms with E-state index in [9.17, 15) is 14.4 Å². The number of carbonyl (C=O) groups is 3. The molecule has 0 saturated carbocycles. The average Bonchev–Trinajstić information content (AvgIpc) is 3.69. The summed E-state index contributed by atoms with van der Waals surface area (Å²) < 4.78 is 5.25. The third kappa shape index (κ3) is 7.51. The van der Waals surface area contributed by atoms with Gasteiger partial charge in [0.15, 0.2) is 0 Å². The lowest BCUT2D eigenvalue weighted by atomic mass is 9.96. The minimum atomic E-state index is -0.966. The Morgan fingerprint density at radius 1 is 1.10 bits per heavy atom. The quantitative estimate of drug-likeness (QED) is 0.263. The van der Waals surface area contributed by atoms with Crippen LogP contribution in [0.15, 0.2) is 47.6 Å². The lowest BCUT2D eigenvalue weighted by molar-refractivity contribution is -0.139. The topological polar surface area (TPSA) is 165 Å². The molecule has 0 radical (unpaired) electrons. The number of nitrogens with two attached hydrogens (primary N) is 1. The highest BCUT2D eigenvalue weighted by Crippen LogP contribution is 2.29. The van der Waals surface area contributed by atoms with E-state index < -0.39 is 12.1 Å². The molecule has 2 heterocycles. The monoisotopic (exact) mass is 564 g/mol. The zero-order valence-electron chi connectivity index (χ0n) is 23.7. The van der Waals surface area contributed by atoms with E-state index in [2.05, 4.69) is 21.1 Å². The fourth-order valence-electron chi connectivity index (χ4n) is 5.49. The van der Waals surface area contributed by atoms with E-state index in [4.69, 9.17) is 16.0 Å². The zero-order valence-corrected chi connectivity index (χ0v) is 23.7. The number of amides is 4. The maximum absolute atomic E-state index is 13.5. The largest absolute Gasteiger partial charge is 0.497 e. The maximum Gasteiger partial charge on any atom is 0.317 e. The van der Waals surface area contributed by atoms with Crippen LogP contribution in [-0.2, 0) is 22.6 Å². The minimum absolute atomic E-state index is 0.000629. The van der Waals surface area contributed by atoms with Gasteiger partial charge in [0.1, 0.15) is 23.5 Å². The van der Waals surface area contributed by atoms with E-state index in [0.717, 1.165) is 35.4 Å². The summed E-state index contributed by atoms with van der Waals surface area (Å²) in [5, 5.41) is 12.3. The summed E-state index contributed by atoms with van der Waals surface area (Å²) in [6.45, 7) is 2.01. The molecule has 12 nitrogen and oxygen atoms in total. The van der Waals surface area contributed by atoms with E-state index in [1.54, 1.807) is 36.1 Å². The molecule has 0 aromatic heterocycles. The summed E-state index contributed by atoms with van der Waals surface area (Å²) in [5.74, 6) is 0.183. The molecular formula is C29H40N8O4. The fraction of sp³-hybridized carbons (Fsp3) is 0.483. The molecule has 41 heavy (non-hydrogen) atoms. The summed E-state index contributed by atoms with van der Waals surface area (Å²) >= 11 is 0. The molecule has 2 saturated heterocycles. The van der Waals surface area contributed by atoms with E-state index in [1.165, 1.54) is 0 Å². The van der Waals surface area contributed by atoms with Crippen LogP contribution in [0.3, 0.4) is 0 Å². The number of hydrogen-bond donors (Lipinski definition) is 5. The first kappa shape index (κ1) is 29.8. The predicted molar refractivity (Wildman–Crippen MR) is 155 cm³/mol. The third-order valence-corrected chi connectivity index (χ3v) is 7.76. The van der Waals surface area contributed by atoms with Crippen molar-refractivity contribution in [3.8, 4) is 5.75 Å². The van der Waals surface area contributed by atoms with Gasteiger partial charge >= 0.3 is 6.03 Å². The molecule has 2 aromatic carbocycles. The Morgan fingerprint density at radius 2 is 1.80 bits per heavy atom. The van der Waals surface area contributed by atoms with Crippen LogP contribution < -0.4 is 26.4 Å². The van der Waals surface area contributed by atoms with Crippen LogP contribution in [-0.4, -0.2) is 80.1 Å². The molecule has 4 rings (SSSR count). The van der Waals surface area contributed by atoms with Gasteiger partial charge in [-0.15, -0.1) is 0 Å². The van der Waals surface area contributed by atoms with Gasteiger partial charge in [0.05, 0.1) is 12.8 Å². The van der Waals surface area contributed by atoms with E-state index >= 15 is 0 Å². The van der Waals surface area contributed by atoms with Gasteiger partial charge in [0.25, 0.3) is 0 Å². The number of urea groups is 1. The van der Waals surface area contributed by atoms with Crippen LogP contribution >= 0.6 is 0 Å². The van der Waals surface area contributed by atoms with Crippen LogP contribution in [0, 0.1) is 11.4 Å². The normalized spacial score (nSPS) is 19.0. The van der Waals surface area contributed by atoms with Crippen molar-refractivity contribution in [1.29, 1.82) is 5.53 Å². The van der Waals surface area contributed by atoms with Crippen molar-refractivity contribution in [1.82, 2.24) is 20.4 Å². The lowest BCUT2D eigenvalue weighted by Crippen LogP contribution is -2.55. The van der Waals surface area contributed by atoms with Gasteiger partial charge < -0.3 is 36.2 Å². The van der Waals surface area contributed by atoms with Crippen molar-refractivity contribution in [2.75, 3.05) is 45.7 Å². The molecule has 3 atom stereocenters. The van der Waals surface area contributed by atoms with Gasteiger partial charge in [-0.05, 0) is 67.0 Å². The van der Waals surface area contributed by atoms with Crippen LogP contribution in [0.5, 0.6) is 5.75 Å². The van der Waals surface area contributed by atoms with E-state index in [1.807, 2.05) is 30.3 Å². The van der Waals surface area contributed by atoms with Crippen molar-refractivity contribution in [3.05, 3.63) is 53.6 Å². The summed E-state index contributed by atoms with van der Waals surface area (Å²) in [6.07, 6.45) is 3.12. The van der Waals surface area contributed by atoms with Gasteiger partial charge in [0.2, 0.25) is 11.8 Å². The maximum atomic E-state index is 13.5. The second kappa shape index (κ2) is 13.9. The number of ether oxygens (including phenoxy) is 1. The van der Waals surface area contributed by atoms with Crippen molar-refractivity contribution in [2.24, 2.45) is 16.8 Å². The molecule has 2 fully saturated rings. The summed E-state index contributed by atoms with van der Waals surface area (Å²) in [5.41, 5.74) is 16.7. The van der Waals surface area contributed by atoms with Crippen molar-refractivity contribution < 1.29 is 19.1 Å². The van der Waals surface area contributed by atoms with E-state index in [-0.39, 0.29) is 36.9 Å². The number of nitrogens with zero attached hydrogens (tertiary/aromatic N) is 3. The summed E-state index contributed by atoms with van der Waals surface area (Å²) in [7, 11) is 3.37. The Labute approximate surface area is 240 Å². The first-order valence-corrected chi connectivity index (χ1v) is 14.0. The van der Waals surface area contributed by atoms with Gasteiger partial charge in [0, 0.05) is 39.8 Å². The van der Waals surface area contributed by atoms with Crippen molar-refractivity contribution in [2.45, 2.75) is 44.3 Å². The van der Waals surface area contributed by atoms with Gasteiger partial charge in [-0.2, -0.15) is 5.11 Å². The standard InChI is InChI=1S/C29H40N8O4/c1-32-24-10-7-20(14-25(24)35-31)16-33-27(38)26-15-21(13-19-5-8-22(41-2)9-6-19)18-37(26)28(39)23(30)17-34-29(40)36-11-3-4-12-36/h5-10,14,21,23,26,31-32H,3-4,11-13,15-18,30H2,1-2H3,(H,33,38)(H,34,40). The summed E-state index contributed by atoms with van der Waals surface area (Å²) in [6, 6.07) is 11.3. The fourth-order valence-corrected chi connectivity index (χ4v) is 5.49. The number of carbonyl (C=O) groups excluding carboxylic acids is 3. The Bertz CT molecular complexity index is 1230. The Balaban J connectivity index is 1.43. The number of hydrogen-bond acceptors (Lipinski definition) is 8. The predicted octanol–water partition coefficient (Wildman–Crippen LogP) is 2.61. The van der Waals surface area contributed by atoms with Gasteiger partial charge in [-0.1, -0.05) is 18.2 Å². The molecule has 4 amide bonds. The second-order valence-electron chi connectivity index (χ2n) is 10.6. The molecule has 2 aliphatic rings. The zero-order chi connectivity index (χ0) is 29.4. The SMILES string of the molecule is CNc1ccc(CNC(=O)C2CC(Cc3ccc(OC)cc3)CN2C(=O)C(N)CNC(=O)N2CCCC2)cc1N=N. The molecule has 2 aliphatic heterocycles. The van der Waals surface area contributed by atoms with Crippen LogP contribution in [0.1, 0.15) is 30.4 Å². The Kier molecular flexibility index (Phi) is 10.1. The van der Waals surface area contributed by atoms with Crippen LogP contribution in [0.25, 0.3) is 0 Å². The third-order valence-electron chi connectivity index (χ3n) is 7.76. The smallest absolute Gasteiger partial charge is 0.317 e. The Morgan fingerprint density at radius 3 is 2.46 bits per heavy atom. The second-order valence-corrected chi connectivity index (χ2v) is 10.6. The van der Waals surface area contributed by atoms with Crippen molar-refractivity contribution in [3.63, 3.8) is 0 Å². The molecule has 0 bridgehead atoms. The molecule has 0 spiro atoms. The highest BCUT2D eigenvalue weighted by Gasteiger charge is 2.41. The first-order chi connectivity index (χ1) is 19.8. The molecule has 220 valence electrons. The lowest BCUT2D eigenvalue weighted by Gasteiger charge is -2.27. The minimum Gasteiger partial charge on any atom is -0.497 e. The molecule has 3 unspecified atom stereocenters. The average molecular weight is 565 g/mol. The highest BCUT2D eigenvalue weighted by molar-refractivity contribution is 5.91. The molecule has 2 aromatic rings. The summed E-state index contributed by atoms with van der Waals surface area (Å²) in [4.78, 5) is 42.6. The molecule has 0 aliphatic carbocycles. The first-order valence-electron chi connectivity index (χ1n) is 14.0. The van der Waals surface area contributed by atoms with Gasteiger partial charge in [-0.3, -0.25) is 9.59 Å². The van der Waals surface area contributed by atoms with Crippen molar-refractivity contribution >= 4 is 29.2 Å². The number of likely N-dealkylation sites (tertiary alicyclic amines) is 2. The van der Waals surface area contributed by atoms with Crippen LogP contribution in [0.4, 0.5) is 16.2 Å².